The Morgan fingerprint density at radius 3 is 2.25 bits per heavy atom. The number of hydrogen-bond donors (Lipinski definition) is 1. The van der Waals surface area contributed by atoms with Crippen LogP contribution in [0.4, 0.5) is 19.0 Å². The van der Waals surface area contributed by atoms with Crippen molar-refractivity contribution in [1.29, 1.82) is 0 Å². The van der Waals surface area contributed by atoms with Gasteiger partial charge in [-0.2, -0.15) is 0 Å². The summed E-state index contributed by atoms with van der Waals surface area (Å²) in [5.74, 6) is -2.40. The molecule has 3 nitrogen and oxygen atoms in total. The van der Waals surface area contributed by atoms with Crippen molar-refractivity contribution in [3.63, 3.8) is 0 Å². The zero-order valence-corrected chi connectivity index (χ0v) is 10.8. The predicted octanol–water partition coefficient (Wildman–Crippen LogP) is 3.48. The van der Waals surface area contributed by atoms with E-state index in [9.17, 15) is 13.2 Å². The van der Waals surface area contributed by atoms with E-state index in [-0.39, 0.29) is 5.56 Å². The summed E-state index contributed by atoms with van der Waals surface area (Å²) in [5.41, 5.74) is 0.575. The fraction of sp³-hybridized carbons (Fsp3) is 0.286. The van der Waals surface area contributed by atoms with Gasteiger partial charge in [-0.1, -0.05) is 0 Å². The van der Waals surface area contributed by atoms with E-state index < -0.39 is 17.5 Å². The smallest absolute Gasteiger partial charge is 0.194 e. The highest BCUT2D eigenvalue weighted by Gasteiger charge is 2.27. The Bertz CT molecular complexity index is 646. The lowest BCUT2D eigenvalue weighted by Gasteiger charge is -2.08. The van der Waals surface area contributed by atoms with E-state index in [1.54, 1.807) is 13.1 Å². The molecule has 0 unspecified atom stereocenters. The lowest BCUT2D eigenvalue weighted by Crippen LogP contribution is -2.01. The van der Waals surface area contributed by atoms with Crippen molar-refractivity contribution in [2.45, 2.75) is 18.8 Å². The first kappa shape index (κ1) is 12.9. The maximum absolute atomic E-state index is 13.3. The minimum atomic E-state index is -1.47. The third-order valence-electron chi connectivity index (χ3n) is 3.22. The van der Waals surface area contributed by atoms with Crippen molar-refractivity contribution < 1.29 is 13.2 Å². The normalized spacial score (nSPS) is 14.4. The van der Waals surface area contributed by atoms with Gasteiger partial charge >= 0.3 is 0 Å². The Labute approximate surface area is 113 Å². The third-order valence-corrected chi connectivity index (χ3v) is 3.22. The summed E-state index contributed by atoms with van der Waals surface area (Å²) in [7, 11) is 1.70. The predicted molar refractivity (Wildman–Crippen MR) is 68.9 cm³/mol. The van der Waals surface area contributed by atoms with Crippen LogP contribution in [0.15, 0.2) is 18.2 Å². The molecular weight excluding hydrogens is 267 g/mol. The Kier molecular flexibility index (Phi) is 3.08. The van der Waals surface area contributed by atoms with Crippen LogP contribution in [0.2, 0.25) is 0 Å². The SMILES string of the molecule is CNc1cc(-c2cc(F)c(F)c(F)c2)nc(C2CC2)n1. The Hall–Kier alpha value is -2.11. The van der Waals surface area contributed by atoms with Crippen LogP contribution < -0.4 is 5.32 Å². The molecule has 0 saturated heterocycles. The summed E-state index contributed by atoms with van der Waals surface area (Å²) in [6.07, 6.45) is 2.03. The van der Waals surface area contributed by atoms with E-state index in [0.717, 1.165) is 25.0 Å². The summed E-state index contributed by atoms with van der Waals surface area (Å²) < 4.78 is 39.6. The molecule has 0 spiro atoms. The van der Waals surface area contributed by atoms with E-state index in [0.29, 0.717) is 23.3 Å². The number of anilines is 1. The first-order valence-electron chi connectivity index (χ1n) is 6.30. The quantitative estimate of drug-likeness (QED) is 0.874. The van der Waals surface area contributed by atoms with Gasteiger partial charge in [0.25, 0.3) is 0 Å². The van der Waals surface area contributed by atoms with Crippen molar-refractivity contribution in [2.24, 2.45) is 0 Å². The van der Waals surface area contributed by atoms with Gasteiger partial charge in [0.1, 0.15) is 11.6 Å². The highest BCUT2D eigenvalue weighted by Crippen LogP contribution is 2.39. The third kappa shape index (κ3) is 2.33. The molecule has 1 aromatic carbocycles. The topological polar surface area (TPSA) is 37.8 Å². The molecule has 104 valence electrons. The fourth-order valence-electron chi connectivity index (χ4n) is 1.97. The van der Waals surface area contributed by atoms with Crippen LogP contribution in [0.5, 0.6) is 0 Å². The van der Waals surface area contributed by atoms with Crippen LogP contribution in [0.3, 0.4) is 0 Å². The zero-order valence-electron chi connectivity index (χ0n) is 10.8. The van der Waals surface area contributed by atoms with E-state index in [1.165, 1.54) is 0 Å². The average Bonchev–Trinajstić information content (AvgIpc) is 3.28. The minimum absolute atomic E-state index is 0.196. The number of rotatable bonds is 3. The molecule has 20 heavy (non-hydrogen) atoms. The molecule has 6 heteroatoms. The standard InChI is InChI=1S/C14H12F3N3/c1-18-12-6-11(19-14(20-12)7-2-3-7)8-4-9(15)13(17)10(16)5-8/h4-7H,2-3H2,1H3,(H,18,19,20). The van der Waals surface area contributed by atoms with Gasteiger partial charge in [0, 0.05) is 24.6 Å². The molecular formula is C14H12F3N3. The number of nitrogens with one attached hydrogen (secondary N) is 1. The van der Waals surface area contributed by atoms with E-state index in [4.69, 9.17) is 0 Å². The second-order valence-corrected chi connectivity index (χ2v) is 4.77. The van der Waals surface area contributed by atoms with E-state index in [1.807, 2.05) is 0 Å². The molecule has 1 heterocycles. The number of nitrogens with zero attached hydrogens (tertiary/aromatic N) is 2. The second-order valence-electron chi connectivity index (χ2n) is 4.77. The maximum Gasteiger partial charge on any atom is 0.194 e. The number of aromatic nitrogens is 2. The van der Waals surface area contributed by atoms with Crippen LogP contribution in [0.1, 0.15) is 24.6 Å². The Balaban J connectivity index is 2.11. The second kappa shape index (κ2) is 4.77. The molecule has 0 amide bonds. The molecule has 2 aromatic rings. The number of benzene rings is 1. The lowest BCUT2D eigenvalue weighted by molar-refractivity contribution is 0.447. The van der Waals surface area contributed by atoms with Gasteiger partial charge in [-0.25, -0.2) is 23.1 Å². The molecule has 0 bridgehead atoms. The van der Waals surface area contributed by atoms with Crippen molar-refractivity contribution in [1.82, 2.24) is 9.97 Å². The first-order chi connectivity index (χ1) is 9.58. The number of halogens is 3. The highest BCUT2D eigenvalue weighted by atomic mass is 19.2. The largest absolute Gasteiger partial charge is 0.373 e. The molecule has 1 aromatic heterocycles. The summed E-state index contributed by atoms with van der Waals surface area (Å²) in [5, 5.41) is 2.89. The van der Waals surface area contributed by atoms with Gasteiger partial charge in [-0.05, 0) is 25.0 Å². The molecule has 0 aliphatic heterocycles. The first-order valence-corrected chi connectivity index (χ1v) is 6.30. The molecule has 1 fully saturated rings. The summed E-state index contributed by atoms with van der Waals surface area (Å²) in [6.45, 7) is 0. The minimum Gasteiger partial charge on any atom is -0.373 e. The van der Waals surface area contributed by atoms with Crippen molar-refractivity contribution in [2.75, 3.05) is 12.4 Å². The van der Waals surface area contributed by atoms with Crippen LogP contribution in [0, 0.1) is 17.5 Å². The Morgan fingerprint density at radius 1 is 1.05 bits per heavy atom. The van der Waals surface area contributed by atoms with Gasteiger partial charge in [0.2, 0.25) is 0 Å². The van der Waals surface area contributed by atoms with Crippen LogP contribution in [-0.2, 0) is 0 Å². The monoisotopic (exact) mass is 279 g/mol. The van der Waals surface area contributed by atoms with Crippen molar-refractivity contribution in [3.8, 4) is 11.3 Å². The van der Waals surface area contributed by atoms with Crippen LogP contribution >= 0.6 is 0 Å². The fourth-order valence-corrected chi connectivity index (χ4v) is 1.97. The molecule has 1 N–H and O–H groups in total. The molecule has 1 aliphatic rings. The van der Waals surface area contributed by atoms with Crippen molar-refractivity contribution >= 4 is 5.82 Å². The molecule has 0 atom stereocenters. The molecule has 1 saturated carbocycles. The molecule has 0 radical (unpaired) electrons. The van der Waals surface area contributed by atoms with Gasteiger partial charge in [0.05, 0.1) is 5.69 Å². The van der Waals surface area contributed by atoms with Gasteiger partial charge < -0.3 is 5.32 Å². The maximum atomic E-state index is 13.3. The lowest BCUT2D eigenvalue weighted by atomic mass is 10.1. The van der Waals surface area contributed by atoms with Crippen molar-refractivity contribution in [3.05, 3.63) is 41.5 Å². The number of hydrogen-bond acceptors (Lipinski definition) is 3. The van der Waals surface area contributed by atoms with Crippen LogP contribution in [-0.4, -0.2) is 17.0 Å². The summed E-state index contributed by atoms with van der Waals surface area (Å²) >= 11 is 0. The molecule has 1 aliphatic carbocycles. The van der Waals surface area contributed by atoms with E-state index >= 15 is 0 Å². The van der Waals surface area contributed by atoms with Gasteiger partial charge in [-0.15, -0.1) is 0 Å². The zero-order chi connectivity index (χ0) is 14.3. The summed E-state index contributed by atoms with van der Waals surface area (Å²) in [6, 6.07) is 3.46. The van der Waals surface area contributed by atoms with Gasteiger partial charge in [0.15, 0.2) is 17.5 Å². The Morgan fingerprint density at radius 2 is 1.70 bits per heavy atom. The molecule has 3 rings (SSSR count). The average molecular weight is 279 g/mol. The van der Waals surface area contributed by atoms with Gasteiger partial charge in [-0.3, -0.25) is 0 Å². The van der Waals surface area contributed by atoms with E-state index in [2.05, 4.69) is 15.3 Å². The highest BCUT2D eigenvalue weighted by molar-refractivity contribution is 5.63. The van der Waals surface area contributed by atoms with Crippen LogP contribution in [0.25, 0.3) is 11.3 Å². The summed E-state index contributed by atoms with van der Waals surface area (Å²) in [4.78, 5) is 8.64.